The molecule has 0 bridgehead atoms. The van der Waals surface area contributed by atoms with Crippen molar-refractivity contribution in [3.63, 3.8) is 0 Å². The molecule has 0 atom stereocenters. The van der Waals surface area contributed by atoms with Gasteiger partial charge >= 0.3 is 0 Å². The lowest BCUT2D eigenvalue weighted by molar-refractivity contribution is 0.516. The fourth-order valence-corrected chi connectivity index (χ4v) is 2.67. The number of rotatable bonds is 5. The normalized spacial score (nSPS) is 11.4. The standard InChI is InChI=1S/C16H18BrClN2/c1-16(2,9-8-12-6-4-3-5-7-12)20-15-14(18)10-13(17)11-19-15/h3-7,10-11H,8-9H2,1-2H3,(H,19,20). The van der Waals surface area contributed by atoms with Gasteiger partial charge in [-0.2, -0.15) is 0 Å². The fourth-order valence-electron chi connectivity index (χ4n) is 1.99. The van der Waals surface area contributed by atoms with Gasteiger partial charge in [0.1, 0.15) is 5.82 Å². The minimum absolute atomic E-state index is 0.0691. The molecule has 0 unspecified atom stereocenters. The maximum atomic E-state index is 6.20. The molecule has 2 rings (SSSR count). The van der Waals surface area contributed by atoms with Crippen LogP contribution in [0.3, 0.4) is 0 Å². The van der Waals surface area contributed by atoms with E-state index in [1.807, 2.05) is 12.1 Å². The van der Waals surface area contributed by atoms with Crippen molar-refractivity contribution >= 4 is 33.3 Å². The van der Waals surface area contributed by atoms with E-state index < -0.39 is 0 Å². The van der Waals surface area contributed by atoms with E-state index in [1.54, 1.807) is 6.20 Å². The first kappa shape index (κ1) is 15.3. The second-order valence-corrected chi connectivity index (χ2v) is 6.80. The van der Waals surface area contributed by atoms with Crippen LogP contribution in [0.4, 0.5) is 5.82 Å². The third-order valence-electron chi connectivity index (χ3n) is 3.15. The molecule has 0 spiro atoms. The number of halogens is 2. The molecule has 2 nitrogen and oxygen atoms in total. The summed E-state index contributed by atoms with van der Waals surface area (Å²) in [6.45, 7) is 4.33. The van der Waals surface area contributed by atoms with E-state index >= 15 is 0 Å². The van der Waals surface area contributed by atoms with Gasteiger partial charge in [0.25, 0.3) is 0 Å². The van der Waals surface area contributed by atoms with E-state index in [-0.39, 0.29) is 5.54 Å². The molecule has 4 heteroatoms. The zero-order chi connectivity index (χ0) is 14.6. The average molecular weight is 354 g/mol. The second kappa shape index (κ2) is 6.59. The Bertz CT molecular complexity index is 570. The van der Waals surface area contributed by atoms with Crippen LogP contribution in [0.15, 0.2) is 47.1 Å². The summed E-state index contributed by atoms with van der Waals surface area (Å²) in [5.41, 5.74) is 1.28. The van der Waals surface area contributed by atoms with Crippen LogP contribution in [0.1, 0.15) is 25.8 Å². The minimum Gasteiger partial charge on any atom is -0.364 e. The number of hydrogen-bond donors (Lipinski definition) is 1. The summed E-state index contributed by atoms with van der Waals surface area (Å²) in [6.07, 6.45) is 3.78. The Morgan fingerprint density at radius 3 is 2.60 bits per heavy atom. The maximum absolute atomic E-state index is 6.20. The molecule has 0 saturated heterocycles. The van der Waals surface area contributed by atoms with Crippen LogP contribution in [-0.4, -0.2) is 10.5 Å². The third-order valence-corrected chi connectivity index (χ3v) is 3.87. The first-order chi connectivity index (χ1) is 9.46. The Morgan fingerprint density at radius 1 is 1.25 bits per heavy atom. The largest absolute Gasteiger partial charge is 0.364 e. The van der Waals surface area contributed by atoms with Gasteiger partial charge in [0.05, 0.1) is 5.02 Å². The van der Waals surface area contributed by atoms with Crippen LogP contribution in [0.2, 0.25) is 5.02 Å². The summed E-state index contributed by atoms with van der Waals surface area (Å²) in [5.74, 6) is 0.730. The molecule has 1 aromatic carbocycles. The molecule has 106 valence electrons. The quantitative estimate of drug-likeness (QED) is 0.786. The number of hydrogen-bond acceptors (Lipinski definition) is 2. The number of pyridine rings is 1. The third kappa shape index (κ3) is 4.50. The monoisotopic (exact) mass is 352 g/mol. The fraction of sp³-hybridized carbons (Fsp3) is 0.312. The van der Waals surface area contributed by atoms with Gasteiger partial charge in [-0.15, -0.1) is 0 Å². The number of benzene rings is 1. The summed E-state index contributed by atoms with van der Waals surface area (Å²) in [5, 5.41) is 4.05. The van der Waals surface area contributed by atoms with E-state index in [2.05, 4.69) is 64.3 Å². The molecule has 2 aromatic rings. The maximum Gasteiger partial charge on any atom is 0.145 e. The van der Waals surface area contributed by atoms with E-state index in [1.165, 1.54) is 5.56 Å². The molecule has 0 radical (unpaired) electrons. The number of aryl methyl sites for hydroxylation is 1. The number of aromatic nitrogens is 1. The van der Waals surface area contributed by atoms with Crippen LogP contribution in [0.25, 0.3) is 0 Å². The predicted molar refractivity (Wildman–Crippen MR) is 89.4 cm³/mol. The molecule has 1 N–H and O–H groups in total. The van der Waals surface area contributed by atoms with Gasteiger partial charge in [-0.3, -0.25) is 0 Å². The summed E-state index contributed by atoms with van der Waals surface area (Å²) >= 11 is 9.56. The van der Waals surface area contributed by atoms with Crippen LogP contribution in [0, 0.1) is 0 Å². The van der Waals surface area contributed by atoms with E-state index in [9.17, 15) is 0 Å². The lowest BCUT2D eigenvalue weighted by Crippen LogP contribution is -2.32. The predicted octanol–water partition coefficient (Wildman–Crippen LogP) is 5.32. The zero-order valence-corrected chi connectivity index (χ0v) is 14.0. The van der Waals surface area contributed by atoms with Crippen molar-refractivity contribution in [2.24, 2.45) is 0 Å². The summed E-state index contributed by atoms with van der Waals surface area (Å²) < 4.78 is 0.884. The average Bonchev–Trinajstić information content (AvgIpc) is 2.41. The van der Waals surface area contributed by atoms with Gasteiger partial charge in [-0.1, -0.05) is 41.9 Å². The first-order valence-electron chi connectivity index (χ1n) is 6.59. The molecule has 1 heterocycles. The highest BCUT2D eigenvalue weighted by Crippen LogP contribution is 2.27. The van der Waals surface area contributed by atoms with Gasteiger partial charge in [0, 0.05) is 16.2 Å². The molecule has 0 amide bonds. The molecular weight excluding hydrogens is 336 g/mol. The van der Waals surface area contributed by atoms with E-state index in [0.29, 0.717) is 5.02 Å². The Hall–Kier alpha value is -1.06. The molecule has 0 aliphatic heterocycles. The van der Waals surface area contributed by atoms with Crippen molar-refractivity contribution in [2.75, 3.05) is 5.32 Å². The van der Waals surface area contributed by atoms with Crippen molar-refractivity contribution in [3.8, 4) is 0 Å². The smallest absolute Gasteiger partial charge is 0.145 e. The van der Waals surface area contributed by atoms with E-state index in [4.69, 9.17) is 11.6 Å². The highest BCUT2D eigenvalue weighted by Gasteiger charge is 2.19. The van der Waals surface area contributed by atoms with Crippen molar-refractivity contribution in [2.45, 2.75) is 32.2 Å². The van der Waals surface area contributed by atoms with Crippen molar-refractivity contribution < 1.29 is 0 Å². The summed E-state index contributed by atoms with van der Waals surface area (Å²) in [7, 11) is 0. The van der Waals surface area contributed by atoms with Crippen LogP contribution >= 0.6 is 27.5 Å². The Labute approximate surface area is 133 Å². The Morgan fingerprint density at radius 2 is 1.95 bits per heavy atom. The SMILES string of the molecule is CC(C)(CCc1ccccc1)Nc1ncc(Br)cc1Cl. The summed E-state index contributed by atoms with van der Waals surface area (Å²) in [6, 6.07) is 12.3. The van der Waals surface area contributed by atoms with Crippen molar-refractivity contribution in [3.05, 3.63) is 57.7 Å². The summed E-state index contributed by atoms with van der Waals surface area (Å²) in [4.78, 5) is 4.33. The molecule has 0 aliphatic carbocycles. The minimum atomic E-state index is -0.0691. The first-order valence-corrected chi connectivity index (χ1v) is 7.76. The van der Waals surface area contributed by atoms with E-state index in [0.717, 1.165) is 23.1 Å². The van der Waals surface area contributed by atoms with Gasteiger partial charge in [-0.25, -0.2) is 4.98 Å². The van der Waals surface area contributed by atoms with Gasteiger partial charge in [0.2, 0.25) is 0 Å². The molecule has 0 fully saturated rings. The molecule has 0 saturated carbocycles. The molecule has 1 aromatic heterocycles. The van der Waals surface area contributed by atoms with Gasteiger partial charge in [-0.05, 0) is 54.2 Å². The van der Waals surface area contributed by atoms with Gasteiger partial charge in [0.15, 0.2) is 0 Å². The van der Waals surface area contributed by atoms with Crippen LogP contribution in [-0.2, 0) is 6.42 Å². The number of anilines is 1. The number of nitrogens with zero attached hydrogens (tertiary/aromatic N) is 1. The van der Waals surface area contributed by atoms with Gasteiger partial charge < -0.3 is 5.32 Å². The lowest BCUT2D eigenvalue weighted by atomic mass is 9.95. The molecule has 0 aliphatic rings. The second-order valence-electron chi connectivity index (χ2n) is 5.48. The lowest BCUT2D eigenvalue weighted by Gasteiger charge is -2.27. The number of nitrogens with one attached hydrogen (secondary N) is 1. The molecular formula is C16H18BrClN2. The highest BCUT2D eigenvalue weighted by molar-refractivity contribution is 9.10. The Kier molecular flexibility index (Phi) is 5.06. The zero-order valence-electron chi connectivity index (χ0n) is 11.7. The van der Waals surface area contributed by atoms with Crippen molar-refractivity contribution in [1.82, 2.24) is 4.98 Å². The topological polar surface area (TPSA) is 24.9 Å². The van der Waals surface area contributed by atoms with Crippen LogP contribution in [0.5, 0.6) is 0 Å². The molecule has 20 heavy (non-hydrogen) atoms. The van der Waals surface area contributed by atoms with Crippen LogP contribution < -0.4 is 5.32 Å². The van der Waals surface area contributed by atoms with Crippen molar-refractivity contribution in [1.29, 1.82) is 0 Å². The highest BCUT2D eigenvalue weighted by atomic mass is 79.9. The Balaban J connectivity index is 2.00.